The first-order chi connectivity index (χ1) is 16.2. The maximum atomic E-state index is 13.8. The number of carbonyl (C=O) groups excluding carboxylic acids is 2. The third-order valence-corrected chi connectivity index (χ3v) is 5.03. The molecule has 10 nitrogen and oxygen atoms in total. The van der Waals surface area contributed by atoms with Crippen LogP contribution in [0.3, 0.4) is 0 Å². The van der Waals surface area contributed by atoms with Crippen LogP contribution in [0.5, 0.6) is 17.2 Å². The Morgan fingerprint density at radius 1 is 1.21 bits per heavy atom. The second-order valence-electron chi connectivity index (χ2n) is 8.55. The fourth-order valence-corrected chi connectivity index (χ4v) is 3.29. The number of methoxy groups -OCH3 is 1. The highest BCUT2D eigenvalue weighted by Gasteiger charge is 2.33. The van der Waals surface area contributed by atoms with E-state index >= 15 is 0 Å². The highest BCUT2D eigenvalue weighted by Crippen LogP contribution is 2.43. The summed E-state index contributed by atoms with van der Waals surface area (Å²) in [5.41, 5.74) is 0.448. The minimum Gasteiger partial charge on any atom is -0.481 e. The predicted molar refractivity (Wildman–Crippen MR) is 119 cm³/mol. The largest absolute Gasteiger partial charge is 0.481 e. The van der Waals surface area contributed by atoms with Gasteiger partial charge >= 0.3 is 5.97 Å². The van der Waals surface area contributed by atoms with E-state index in [0.29, 0.717) is 22.9 Å². The van der Waals surface area contributed by atoms with Crippen molar-refractivity contribution in [1.82, 2.24) is 10.1 Å². The first-order valence-electron chi connectivity index (χ1n) is 10.4. The van der Waals surface area contributed by atoms with Crippen LogP contribution in [-0.2, 0) is 21.5 Å². The Hall–Kier alpha value is -4.39. The maximum Gasteiger partial charge on any atom is 0.343 e. The van der Waals surface area contributed by atoms with E-state index in [2.05, 4.69) is 20.9 Å². The van der Waals surface area contributed by atoms with Gasteiger partial charge in [-0.25, -0.2) is 4.79 Å². The van der Waals surface area contributed by atoms with Crippen LogP contribution in [0.4, 0.5) is 5.69 Å². The highest BCUT2D eigenvalue weighted by atomic mass is 16.6. The molecule has 2 heterocycles. The Morgan fingerprint density at radius 2 is 2.00 bits per heavy atom. The number of rotatable bonds is 5. The van der Waals surface area contributed by atoms with Crippen LogP contribution < -0.4 is 14.4 Å². The number of esters is 1. The molecule has 0 atom stereocenters. The minimum absolute atomic E-state index is 0.0472. The lowest BCUT2D eigenvalue weighted by molar-refractivity contribution is -0.142. The molecule has 0 saturated heterocycles. The molecule has 0 radical (unpaired) electrons. The number of nitriles is 1. The molecule has 0 spiro atoms. The number of nitrogens with zero attached hydrogens (tertiary/aromatic N) is 4. The number of fused-ring (bicyclic) bond motifs is 2. The Labute approximate surface area is 195 Å². The van der Waals surface area contributed by atoms with Gasteiger partial charge in [0.05, 0.1) is 31.0 Å². The number of ether oxygens (including phenoxy) is 3. The van der Waals surface area contributed by atoms with Crippen molar-refractivity contribution in [3.05, 3.63) is 59.2 Å². The Bertz CT molecular complexity index is 1300. The van der Waals surface area contributed by atoms with Crippen LogP contribution in [0.25, 0.3) is 0 Å². The fourth-order valence-electron chi connectivity index (χ4n) is 3.29. The fraction of sp³-hybridized carbons (Fsp3) is 0.292. The van der Waals surface area contributed by atoms with E-state index in [-0.39, 0.29) is 41.5 Å². The van der Waals surface area contributed by atoms with Crippen molar-refractivity contribution in [2.45, 2.75) is 32.7 Å². The maximum absolute atomic E-state index is 13.8. The molecule has 1 amide bonds. The third-order valence-electron chi connectivity index (χ3n) is 5.03. The van der Waals surface area contributed by atoms with E-state index in [1.54, 1.807) is 36.4 Å². The highest BCUT2D eigenvalue weighted by molar-refractivity contribution is 6.11. The predicted octanol–water partition coefficient (Wildman–Crippen LogP) is 3.74. The summed E-state index contributed by atoms with van der Waals surface area (Å²) in [6, 6.07) is 11.7. The van der Waals surface area contributed by atoms with E-state index < -0.39 is 11.9 Å². The summed E-state index contributed by atoms with van der Waals surface area (Å²) in [5.74, 6) is 0.374. The first kappa shape index (κ1) is 22.8. The molecule has 10 heteroatoms. The van der Waals surface area contributed by atoms with E-state index in [9.17, 15) is 14.9 Å². The standard InChI is InChI=1S/C24H22N4O6/c1-24(2,3)23-26-19(27-34-23)12-28-15-10-14(11-25)8-9-16(15)33-18-7-5-6-17(21(18)22(28)30)32-13-20(29)31-4/h5-10H,12-13H2,1-4H3. The Kier molecular flexibility index (Phi) is 5.94. The number of hydrogen-bond acceptors (Lipinski definition) is 9. The minimum atomic E-state index is -0.597. The molecular formula is C24H22N4O6. The van der Waals surface area contributed by atoms with Gasteiger partial charge in [0.15, 0.2) is 18.2 Å². The van der Waals surface area contributed by atoms with Gasteiger partial charge in [0.1, 0.15) is 17.1 Å². The Morgan fingerprint density at radius 3 is 2.68 bits per heavy atom. The van der Waals surface area contributed by atoms with Crippen molar-refractivity contribution in [1.29, 1.82) is 5.26 Å². The summed E-state index contributed by atoms with van der Waals surface area (Å²) in [6.07, 6.45) is 0. The number of carbonyl (C=O) groups is 2. The molecular weight excluding hydrogens is 440 g/mol. The molecule has 4 rings (SSSR count). The van der Waals surface area contributed by atoms with Gasteiger partial charge in [-0.1, -0.05) is 32.0 Å². The molecule has 0 saturated carbocycles. The first-order valence-corrected chi connectivity index (χ1v) is 10.4. The van der Waals surface area contributed by atoms with Gasteiger partial charge in [0, 0.05) is 5.41 Å². The smallest absolute Gasteiger partial charge is 0.343 e. The quantitative estimate of drug-likeness (QED) is 0.521. The Balaban J connectivity index is 1.80. The van der Waals surface area contributed by atoms with Gasteiger partial charge in [-0.2, -0.15) is 10.2 Å². The molecule has 34 heavy (non-hydrogen) atoms. The second kappa shape index (κ2) is 8.86. The van der Waals surface area contributed by atoms with Gasteiger partial charge in [0.25, 0.3) is 5.91 Å². The van der Waals surface area contributed by atoms with Crippen molar-refractivity contribution in [2.24, 2.45) is 0 Å². The molecule has 3 aromatic rings. The average molecular weight is 462 g/mol. The third kappa shape index (κ3) is 4.41. The van der Waals surface area contributed by atoms with Crippen molar-refractivity contribution in [3.63, 3.8) is 0 Å². The molecule has 0 aliphatic carbocycles. The topological polar surface area (TPSA) is 128 Å². The normalized spacial score (nSPS) is 12.7. The molecule has 2 aromatic carbocycles. The second-order valence-corrected chi connectivity index (χ2v) is 8.55. The monoisotopic (exact) mass is 462 g/mol. The lowest BCUT2D eigenvalue weighted by Gasteiger charge is -2.21. The molecule has 1 aliphatic rings. The van der Waals surface area contributed by atoms with Crippen molar-refractivity contribution in [2.75, 3.05) is 18.6 Å². The summed E-state index contributed by atoms with van der Waals surface area (Å²) >= 11 is 0. The van der Waals surface area contributed by atoms with E-state index in [1.165, 1.54) is 12.0 Å². The summed E-state index contributed by atoms with van der Waals surface area (Å²) in [7, 11) is 1.24. The van der Waals surface area contributed by atoms with Crippen LogP contribution in [0.15, 0.2) is 40.9 Å². The SMILES string of the molecule is COC(=O)COc1cccc2c1C(=O)N(Cc1noc(C(C)(C)C)n1)c1cc(C#N)ccc1O2. The van der Waals surface area contributed by atoms with Crippen LogP contribution in [-0.4, -0.2) is 35.7 Å². The van der Waals surface area contributed by atoms with E-state index in [1.807, 2.05) is 20.8 Å². The van der Waals surface area contributed by atoms with Crippen molar-refractivity contribution < 1.29 is 28.3 Å². The molecule has 0 unspecified atom stereocenters. The zero-order valence-corrected chi connectivity index (χ0v) is 19.1. The lowest BCUT2D eigenvalue weighted by Crippen LogP contribution is -2.31. The van der Waals surface area contributed by atoms with Crippen LogP contribution in [0.2, 0.25) is 0 Å². The zero-order chi connectivity index (χ0) is 24.5. The van der Waals surface area contributed by atoms with Crippen LogP contribution in [0.1, 0.15) is 48.4 Å². The summed E-state index contributed by atoms with van der Waals surface area (Å²) in [5, 5.41) is 13.4. The molecule has 0 bridgehead atoms. The molecule has 1 aromatic heterocycles. The van der Waals surface area contributed by atoms with Gasteiger partial charge in [-0.05, 0) is 30.3 Å². The lowest BCUT2D eigenvalue weighted by atomic mass is 9.97. The average Bonchev–Trinajstić information content (AvgIpc) is 3.26. The van der Waals surface area contributed by atoms with Crippen LogP contribution in [0, 0.1) is 11.3 Å². The van der Waals surface area contributed by atoms with E-state index in [4.69, 9.17) is 14.0 Å². The molecule has 174 valence electrons. The van der Waals surface area contributed by atoms with Gasteiger partial charge < -0.3 is 18.7 Å². The molecule has 0 N–H and O–H groups in total. The zero-order valence-electron chi connectivity index (χ0n) is 19.1. The molecule has 0 fully saturated rings. The van der Waals surface area contributed by atoms with Gasteiger partial charge in [-0.3, -0.25) is 9.69 Å². The molecule has 1 aliphatic heterocycles. The van der Waals surface area contributed by atoms with Crippen LogP contribution >= 0.6 is 0 Å². The van der Waals surface area contributed by atoms with E-state index in [0.717, 1.165) is 0 Å². The van der Waals surface area contributed by atoms with Gasteiger partial charge in [-0.15, -0.1) is 0 Å². The van der Waals surface area contributed by atoms with Crippen molar-refractivity contribution in [3.8, 4) is 23.3 Å². The number of amides is 1. The summed E-state index contributed by atoms with van der Waals surface area (Å²) in [4.78, 5) is 31.3. The van der Waals surface area contributed by atoms with Crippen molar-refractivity contribution >= 4 is 17.6 Å². The number of benzene rings is 2. The van der Waals surface area contributed by atoms with Gasteiger partial charge in [0.2, 0.25) is 5.89 Å². The number of aromatic nitrogens is 2. The number of hydrogen-bond donors (Lipinski definition) is 0. The number of anilines is 1. The summed E-state index contributed by atoms with van der Waals surface area (Å²) < 4.78 is 21.6. The summed E-state index contributed by atoms with van der Waals surface area (Å²) in [6.45, 7) is 5.38.